The lowest BCUT2D eigenvalue weighted by atomic mass is 10.2. The molecule has 0 saturated carbocycles. The van der Waals surface area contributed by atoms with Crippen molar-refractivity contribution in [3.8, 4) is 5.75 Å². The van der Waals surface area contributed by atoms with E-state index < -0.39 is 0 Å². The van der Waals surface area contributed by atoms with Gasteiger partial charge in [-0.1, -0.05) is 12.1 Å². The Bertz CT molecular complexity index is 686. The van der Waals surface area contributed by atoms with Gasteiger partial charge in [0.25, 0.3) is 0 Å². The van der Waals surface area contributed by atoms with E-state index in [1.54, 1.807) is 26.2 Å². The third-order valence-electron chi connectivity index (χ3n) is 3.25. The van der Waals surface area contributed by atoms with Crippen LogP contribution in [0.1, 0.15) is 11.1 Å². The minimum atomic E-state index is -0.342. The van der Waals surface area contributed by atoms with E-state index in [1.807, 2.05) is 25.1 Å². The molecule has 0 saturated heterocycles. The zero-order chi connectivity index (χ0) is 16.1. The minimum Gasteiger partial charge on any atom is -0.495 e. The summed E-state index contributed by atoms with van der Waals surface area (Å²) in [5, 5.41) is 5.67. The summed E-state index contributed by atoms with van der Waals surface area (Å²) in [6.07, 6.45) is 0. The van der Waals surface area contributed by atoms with Crippen LogP contribution in [0.2, 0.25) is 0 Å². The molecule has 2 aromatic rings. The van der Waals surface area contributed by atoms with Gasteiger partial charge in [-0.05, 0) is 49.2 Å². The van der Waals surface area contributed by atoms with Gasteiger partial charge in [-0.15, -0.1) is 0 Å². The molecular weight excluding hydrogens is 283 g/mol. The molecule has 2 aromatic carbocycles. The summed E-state index contributed by atoms with van der Waals surface area (Å²) < 4.78 is 18.7. The first-order valence-corrected chi connectivity index (χ1v) is 6.94. The summed E-state index contributed by atoms with van der Waals surface area (Å²) >= 11 is 0. The van der Waals surface area contributed by atoms with Crippen molar-refractivity contribution in [2.75, 3.05) is 24.3 Å². The lowest BCUT2D eigenvalue weighted by Gasteiger charge is -2.12. The lowest BCUT2D eigenvalue weighted by Crippen LogP contribution is -2.22. The number of benzene rings is 2. The number of aryl methyl sites for hydroxylation is 2. The SMILES string of the molecule is COc1ccc(C)cc1NCC(=O)Nc1ccc(C)c(F)c1. The van der Waals surface area contributed by atoms with Crippen LogP contribution >= 0.6 is 0 Å². The fraction of sp³-hybridized carbons (Fsp3) is 0.235. The Balaban J connectivity index is 1.98. The molecule has 0 radical (unpaired) electrons. The fourth-order valence-corrected chi connectivity index (χ4v) is 2.01. The van der Waals surface area contributed by atoms with Crippen LogP contribution in [-0.2, 0) is 4.79 Å². The van der Waals surface area contributed by atoms with E-state index in [-0.39, 0.29) is 18.3 Å². The molecular formula is C17H19FN2O2. The highest BCUT2D eigenvalue weighted by molar-refractivity contribution is 5.94. The van der Waals surface area contributed by atoms with Crippen molar-refractivity contribution in [1.82, 2.24) is 0 Å². The molecule has 0 heterocycles. The summed E-state index contributed by atoms with van der Waals surface area (Å²) in [5.74, 6) is 0.0673. The van der Waals surface area contributed by atoms with E-state index in [0.29, 0.717) is 17.0 Å². The number of hydrogen-bond donors (Lipinski definition) is 2. The first-order chi connectivity index (χ1) is 10.5. The smallest absolute Gasteiger partial charge is 0.243 e. The van der Waals surface area contributed by atoms with Gasteiger partial charge in [0.1, 0.15) is 11.6 Å². The second kappa shape index (κ2) is 6.93. The third kappa shape index (κ3) is 3.97. The monoisotopic (exact) mass is 302 g/mol. The maximum Gasteiger partial charge on any atom is 0.243 e. The normalized spacial score (nSPS) is 10.2. The maximum atomic E-state index is 13.4. The number of carbonyl (C=O) groups excluding carboxylic acids is 1. The van der Waals surface area contributed by atoms with Crippen LogP contribution in [0.3, 0.4) is 0 Å². The van der Waals surface area contributed by atoms with Gasteiger partial charge in [-0.25, -0.2) is 4.39 Å². The molecule has 116 valence electrons. The van der Waals surface area contributed by atoms with Crippen molar-refractivity contribution in [2.45, 2.75) is 13.8 Å². The van der Waals surface area contributed by atoms with Gasteiger partial charge >= 0.3 is 0 Å². The van der Waals surface area contributed by atoms with E-state index >= 15 is 0 Å². The molecule has 4 nitrogen and oxygen atoms in total. The Morgan fingerprint density at radius 3 is 2.64 bits per heavy atom. The Hall–Kier alpha value is -2.56. The van der Waals surface area contributed by atoms with Crippen LogP contribution in [0.25, 0.3) is 0 Å². The molecule has 2 N–H and O–H groups in total. The average molecular weight is 302 g/mol. The number of hydrogen-bond acceptors (Lipinski definition) is 3. The largest absolute Gasteiger partial charge is 0.495 e. The van der Waals surface area contributed by atoms with Gasteiger partial charge < -0.3 is 15.4 Å². The van der Waals surface area contributed by atoms with Crippen LogP contribution in [0.15, 0.2) is 36.4 Å². The van der Waals surface area contributed by atoms with E-state index in [9.17, 15) is 9.18 Å². The lowest BCUT2D eigenvalue weighted by molar-refractivity contribution is -0.114. The molecule has 0 atom stereocenters. The second-order valence-corrected chi connectivity index (χ2v) is 5.07. The summed E-state index contributed by atoms with van der Waals surface area (Å²) in [4.78, 5) is 11.9. The average Bonchev–Trinajstić information content (AvgIpc) is 2.49. The first kappa shape index (κ1) is 15.8. The van der Waals surface area contributed by atoms with Crippen molar-refractivity contribution < 1.29 is 13.9 Å². The Labute approximate surface area is 129 Å². The van der Waals surface area contributed by atoms with Gasteiger partial charge in [-0.3, -0.25) is 4.79 Å². The molecule has 0 bridgehead atoms. The summed E-state index contributed by atoms with van der Waals surface area (Å²) in [7, 11) is 1.57. The summed E-state index contributed by atoms with van der Waals surface area (Å²) in [5.41, 5.74) is 2.78. The molecule has 0 unspecified atom stereocenters. The molecule has 0 spiro atoms. The van der Waals surface area contributed by atoms with Gasteiger partial charge in [0.15, 0.2) is 0 Å². The molecule has 2 rings (SSSR count). The number of nitrogens with one attached hydrogen (secondary N) is 2. The molecule has 1 amide bonds. The molecule has 5 heteroatoms. The van der Waals surface area contributed by atoms with Gasteiger partial charge in [-0.2, -0.15) is 0 Å². The quantitative estimate of drug-likeness (QED) is 0.888. The predicted molar refractivity (Wildman–Crippen MR) is 86.0 cm³/mol. The number of ether oxygens (including phenoxy) is 1. The van der Waals surface area contributed by atoms with Crippen LogP contribution in [0.4, 0.5) is 15.8 Å². The molecule has 0 fully saturated rings. The molecule has 0 aliphatic heterocycles. The van der Waals surface area contributed by atoms with Crippen LogP contribution in [0, 0.1) is 19.7 Å². The van der Waals surface area contributed by atoms with E-state index in [4.69, 9.17) is 4.74 Å². The van der Waals surface area contributed by atoms with Crippen molar-refractivity contribution in [2.24, 2.45) is 0 Å². The van der Waals surface area contributed by atoms with Crippen LogP contribution in [0.5, 0.6) is 5.75 Å². The van der Waals surface area contributed by atoms with E-state index in [1.165, 1.54) is 6.07 Å². The number of methoxy groups -OCH3 is 1. The highest BCUT2D eigenvalue weighted by Gasteiger charge is 2.07. The van der Waals surface area contributed by atoms with Gasteiger partial charge in [0.05, 0.1) is 19.3 Å². The number of rotatable bonds is 5. The zero-order valence-electron chi connectivity index (χ0n) is 12.9. The number of anilines is 2. The van der Waals surface area contributed by atoms with Crippen molar-refractivity contribution in [1.29, 1.82) is 0 Å². The van der Waals surface area contributed by atoms with Crippen LogP contribution in [-0.4, -0.2) is 19.6 Å². The predicted octanol–water partition coefficient (Wildman–Crippen LogP) is 3.50. The molecule has 0 aliphatic carbocycles. The molecule has 0 aliphatic rings. The number of amides is 1. The maximum absolute atomic E-state index is 13.4. The van der Waals surface area contributed by atoms with Gasteiger partial charge in [0, 0.05) is 5.69 Å². The molecule has 0 aromatic heterocycles. The first-order valence-electron chi connectivity index (χ1n) is 6.94. The number of carbonyl (C=O) groups is 1. The van der Waals surface area contributed by atoms with Crippen molar-refractivity contribution >= 4 is 17.3 Å². The topological polar surface area (TPSA) is 50.4 Å². The number of halogens is 1. The highest BCUT2D eigenvalue weighted by Crippen LogP contribution is 2.24. The fourth-order valence-electron chi connectivity index (χ4n) is 2.01. The van der Waals surface area contributed by atoms with Crippen LogP contribution < -0.4 is 15.4 Å². The highest BCUT2D eigenvalue weighted by atomic mass is 19.1. The minimum absolute atomic E-state index is 0.0648. The second-order valence-electron chi connectivity index (χ2n) is 5.07. The van der Waals surface area contributed by atoms with E-state index in [2.05, 4.69) is 10.6 Å². The van der Waals surface area contributed by atoms with Crippen molar-refractivity contribution in [3.05, 3.63) is 53.3 Å². The Kier molecular flexibility index (Phi) is 4.99. The molecule has 22 heavy (non-hydrogen) atoms. The van der Waals surface area contributed by atoms with E-state index in [0.717, 1.165) is 11.3 Å². The van der Waals surface area contributed by atoms with Gasteiger partial charge in [0.2, 0.25) is 5.91 Å². The van der Waals surface area contributed by atoms with Crippen molar-refractivity contribution in [3.63, 3.8) is 0 Å². The summed E-state index contributed by atoms with van der Waals surface area (Å²) in [6.45, 7) is 3.70. The Morgan fingerprint density at radius 2 is 1.95 bits per heavy atom. The zero-order valence-corrected chi connectivity index (χ0v) is 12.9. The third-order valence-corrected chi connectivity index (χ3v) is 3.25. The standard InChI is InChI=1S/C17H19FN2O2/c1-11-4-7-16(22-3)15(8-11)19-10-17(21)20-13-6-5-12(2)14(18)9-13/h4-9,19H,10H2,1-3H3,(H,20,21). The summed E-state index contributed by atoms with van der Waals surface area (Å²) in [6, 6.07) is 10.3. The Morgan fingerprint density at radius 1 is 1.18 bits per heavy atom.